The van der Waals surface area contributed by atoms with Crippen molar-refractivity contribution in [3.8, 4) is 0 Å². The number of morpholine rings is 1. The van der Waals surface area contributed by atoms with E-state index < -0.39 is 5.97 Å². The molecule has 6 nitrogen and oxygen atoms in total. The molecule has 27 heavy (non-hydrogen) atoms. The van der Waals surface area contributed by atoms with E-state index in [0.717, 1.165) is 37.4 Å². The minimum atomic E-state index is -0.963. The zero-order valence-electron chi connectivity index (χ0n) is 15.4. The molecule has 2 N–H and O–H groups in total. The molecule has 0 saturated carbocycles. The van der Waals surface area contributed by atoms with E-state index in [1.54, 1.807) is 24.3 Å². The molecule has 1 aliphatic rings. The van der Waals surface area contributed by atoms with Crippen LogP contribution >= 0.6 is 0 Å². The van der Waals surface area contributed by atoms with Gasteiger partial charge in [-0.15, -0.1) is 0 Å². The number of nitrogens with one attached hydrogen (secondary N) is 1. The molecule has 1 heterocycles. The molecule has 1 amide bonds. The zero-order valence-corrected chi connectivity index (χ0v) is 15.4. The number of hydrogen-bond acceptors (Lipinski definition) is 4. The average Bonchev–Trinajstić information content (AvgIpc) is 2.69. The Morgan fingerprint density at radius 2 is 1.78 bits per heavy atom. The number of benzene rings is 2. The van der Waals surface area contributed by atoms with Crippen LogP contribution in [0.1, 0.15) is 44.8 Å². The molecule has 6 heteroatoms. The standard InChI is InChI=1S/C21H24N2O4/c1-15(16-6-8-17(9-7-16)21(25)26)22-20(24)19-5-3-2-4-18(19)14-23-10-12-27-13-11-23/h2-9,15H,10-14H2,1H3,(H,22,24)(H,25,26)/t15-/m1/s1. The molecule has 0 bridgehead atoms. The summed E-state index contributed by atoms with van der Waals surface area (Å²) in [5.41, 5.74) is 2.75. The van der Waals surface area contributed by atoms with E-state index in [0.29, 0.717) is 12.1 Å². The lowest BCUT2D eigenvalue weighted by atomic mass is 10.0. The lowest BCUT2D eigenvalue weighted by molar-refractivity contribution is 0.0340. The molecule has 1 aliphatic heterocycles. The molecule has 0 aromatic heterocycles. The number of carboxylic acid groups (broad SMARTS) is 1. The monoisotopic (exact) mass is 368 g/mol. The molecule has 0 unspecified atom stereocenters. The summed E-state index contributed by atoms with van der Waals surface area (Å²) in [5, 5.41) is 12.0. The smallest absolute Gasteiger partial charge is 0.335 e. The molecule has 2 aromatic carbocycles. The summed E-state index contributed by atoms with van der Waals surface area (Å²) < 4.78 is 5.38. The Morgan fingerprint density at radius 3 is 2.44 bits per heavy atom. The van der Waals surface area contributed by atoms with Crippen molar-refractivity contribution in [3.05, 3.63) is 70.8 Å². The minimum absolute atomic E-state index is 0.131. The first-order valence-electron chi connectivity index (χ1n) is 9.06. The zero-order chi connectivity index (χ0) is 19.2. The summed E-state index contributed by atoms with van der Waals surface area (Å²) in [6.07, 6.45) is 0. The van der Waals surface area contributed by atoms with E-state index in [-0.39, 0.29) is 17.5 Å². The molecule has 142 valence electrons. The Bertz CT molecular complexity index is 798. The van der Waals surface area contributed by atoms with Crippen LogP contribution in [0, 0.1) is 0 Å². The number of nitrogens with zero attached hydrogens (tertiary/aromatic N) is 1. The molecule has 0 spiro atoms. The molecule has 3 rings (SSSR count). The van der Waals surface area contributed by atoms with E-state index >= 15 is 0 Å². The van der Waals surface area contributed by atoms with Gasteiger partial charge in [0.2, 0.25) is 0 Å². The molecular formula is C21H24N2O4. The third-order valence-corrected chi connectivity index (χ3v) is 4.76. The Labute approximate surface area is 158 Å². The maximum Gasteiger partial charge on any atom is 0.335 e. The van der Waals surface area contributed by atoms with Crippen molar-refractivity contribution in [2.45, 2.75) is 19.5 Å². The second kappa shape index (κ2) is 8.79. The average molecular weight is 368 g/mol. The predicted octanol–water partition coefficient (Wildman–Crippen LogP) is 2.71. The first-order valence-corrected chi connectivity index (χ1v) is 9.06. The van der Waals surface area contributed by atoms with Crippen molar-refractivity contribution in [1.29, 1.82) is 0 Å². The summed E-state index contributed by atoms with van der Waals surface area (Å²) >= 11 is 0. The number of carbonyl (C=O) groups excluding carboxylic acids is 1. The Hall–Kier alpha value is -2.70. The highest BCUT2D eigenvalue weighted by atomic mass is 16.5. The van der Waals surface area contributed by atoms with Gasteiger partial charge in [0, 0.05) is 25.2 Å². The van der Waals surface area contributed by atoms with Gasteiger partial charge >= 0.3 is 5.97 Å². The van der Waals surface area contributed by atoms with Gasteiger partial charge in [0.25, 0.3) is 5.91 Å². The maximum absolute atomic E-state index is 12.8. The van der Waals surface area contributed by atoms with Crippen molar-refractivity contribution in [1.82, 2.24) is 10.2 Å². The quantitative estimate of drug-likeness (QED) is 0.820. The van der Waals surface area contributed by atoms with Crippen molar-refractivity contribution >= 4 is 11.9 Å². The van der Waals surface area contributed by atoms with Crippen LogP contribution in [0.2, 0.25) is 0 Å². The van der Waals surface area contributed by atoms with E-state index in [1.807, 2.05) is 31.2 Å². The normalized spacial score (nSPS) is 15.9. The summed E-state index contributed by atoms with van der Waals surface area (Å²) in [6, 6.07) is 14.0. The SMILES string of the molecule is C[C@@H](NC(=O)c1ccccc1CN1CCOCC1)c1ccc(C(=O)O)cc1. The number of ether oxygens (including phenoxy) is 1. The fraction of sp³-hybridized carbons (Fsp3) is 0.333. The van der Waals surface area contributed by atoms with Gasteiger partial charge in [0.1, 0.15) is 0 Å². The molecule has 1 fully saturated rings. The molecule has 1 atom stereocenters. The van der Waals surface area contributed by atoms with Crippen LogP contribution in [0.25, 0.3) is 0 Å². The van der Waals surface area contributed by atoms with Gasteiger partial charge in [0.15, 0.2) is 0 Å². The molecule has 2 aromatic rings. The van der Waals surface area contributed by atoms with Gasteiger partial charge < -0.3 is 15.2 Å². The number of carboxylic acids is 1. The highest BCUT2D eigenvalue weighted by Crippen LogP contribution is 2.17. The number of amides is 1. The van der Waals surface area contributed by atoms with Gasteiger partial charge in [-0.25, -0.2) is 4.79 Å². The number of hydrogen-bond donors (Lipinski definition) is 2. The van der Waals surface area contributed by atoms with Crippen LogP contribution in [0.3, 0.4) is 0 Å². The van der Waals surface area contributed by atoms with E-state index in [2.05, 4.69) is 10.2 Å². The fourth-order valence-electron chi connectivity index (χ4n) is 3.15. The van der Waals surface area contributed by atoms with Crippen LogP contribution in [0.4, 0.5) is 0 Å². The second-order valence-electron chi connectivity index (χ2n) is 6.67. The highest BCUT2D eigenvalue weighted by Gasteiger charge is 2.18. The first kappa shape index (κ1) is 19.1. The lowest BCUT2D eigenvalue weighted by Crippen LogP contribution is -2.36. The molecule has 1 saturated heterocycles. The van der Waals surface area contributed by atoms with E-state index in [1.165, 1.54) is 0 Å². The van der Waals surface area contributed by atoms with Crippen LogP contribution < -0.4 is 5.32 Å². The van der Waals surface area contributed by atoms with Crippen LogP contribution in [0.15, 0.2) is 48.5 Å². The molecule has 0 radical (unpaired) electrons. The summed E-state index contributed by atoms with van der Waals surface area (Å²) in [5.74, 6) is -1.09. The summed E-state index contributed by atoms with van der Waals surface area (Å²) in [6.45, 7) is 5.77. The molecular weight excluding hydrogens is 344 g/mol. The summed E-state index contributed by atoms with van der Waals surface area (Å²) in [7, 11) is 0. The first-order chi connectivity index (χ1) is 13.0. The number of carbonyl (C=O) groups is 2. The predicted molar refractivity (Wildman–Crippen MR) is 102 cm³/mol. The van der Waals surface area contributed by atoms with Crippen molar-refractivity contribution < 1.29 is 19.4 Å². The Balaban J connectivity index is 1.69. The van der Waals surface area contributed by atoms with Crippen LogP contribution in [-0.2, 0) is 11.3 Å². The van der Waals surface area contributed by atoms with Gasteiger partial charge in [-0.05, 0) is 36.2 Å². The highest BCUT2D eigenvalue weighted by molar-refractivity contribution is 5.96. The fourth-order valence-corrected chi connectivity index (χ4v) is 3.15. The van der Waals surface area contributed by atoms with E-state index in [9.17, 15) is 9.59 Å². The van der Waals surface area contributed by atoms with Gasteiger partial charge in [-0.3, -0.25) is 9.69 Å². The van der Waals surface area contributed by atoms with Crippen molar-refractivity contribution in [2.75, 3.05) is 26.3 Å². The van der Waals surface area contributed by atoms with Gasteiger partial charge in [0.05, 0.1) is 24.8 Å². The van der Waals surface area contributed by atoms with Crippen LogP contribution in [0.5, 0.6) is 0 Å². The number of aromatic carboxylic acids is 1. The van der Waals surface area contributed by atoms with Crippen LogP contribution in [-0.4, -0.2) is 48.2 Å². The maximum atomic E-state index is 12.8. The third kappa shape index (κ3) is 4.93. The van der Waals surface area contributed by atoms with E-state index in [4.69, 9.17) is 9.84 Å². The lowest BCUT2D eigenvalue weighted by Gasteiger charge is -2.27. The third-order valence-electron chi connectivity index (χ3n) is 4.76. The Kier molecular flexibility index (Phi) is 6.21. The number of rotatable bonds is 6. The van der Waals surface area contributed by atoms with Gasteiger partial charge in [-0.1, -0.05) is 30.3 Å². The Morgan fingerprint density at radius 1 is 1.11 bits per heavy atom. The topological polar surface area (TPSA) is 78.9 Å². The van der Waals surface area contributed by atoms with Gasteiger partial charge in [-0.2, -0.15) is 0 Å². The second-order valence-corrected chi connectivity index (χ2v) is 6.67. The minimum Gasteiger partial charge on any atom is -0.478 e. The van der Waals surface area contributed by atoms with Crippen molar-refractivity contribution in [2.24, 2.45) is 0 Å². The largest absolute Gasteiger partial charge is 0.478 e. The van der Waals surface area contributed by atoms with Crippen molar-refractivity contribution in [3.63, 3.8) is 0 Å². The summed E-state index contributed by atoms with van der Waals surface area (Å²) in [4.78, 5) is 26.1. The molecule has 0 aliphatic carbocycles.